The predicted octanol–water partition coefficient (Wildman–Crippen LogP) is -1.75. The van der Waals surface area contributed by atoms with Crippen LogP contribution in [0.1, 0.15) is 11.4 Å². The molecule has 0 aliphatic carbocycles. The summed E-state index contributed by atoms with van der Waals surface area (Å²) in [5.41, 5.74) is 0. The number of hydrogen-bond donors (Lipinski definition) is 2. The van der Waals surface area contributed by atoms with E-state index in [0.29, 0.717) is 0 Å². The molecule has 2 N–H and O–H groups in total. The van der Waals surface area contributed by atoms with Crippen molar-refractivity contribution in [2.75, 3.05) is 0 Å². The van der Waals surface area contributed by atoms with E-state index in [2.05, 4.69) is 7.26 Å². The maximum Gasteiger partial charge on any atom is 2.00 e. The van der Waals surface area contributed by atoms with Crippen LogP contribution in [0.5, 0.6) is 0 Å². The Kier molecular flexibility index (Phi) is 46.6. The molecule has 0 spiro atoms. The van der Waals surface area contributed by atoms with E-state index in [9.17, 15) is 12.6 Å². The summed E-state index contributed by atoms with van der Waals surface area (Å²) in [6.07, 6.45) is 0. The molecule has 0 bridgehead atoms. The molecule has 0 heterocycles. The minimum Gasteiger partial charge on any atom is -1.00 e. The van der Waals surface area contributed by atoms with Crippen molar-refractivity contribution in [3.8, 4) is 0 Å². The minimum absolute atomic E-state index is 0. The van der Waals surface area contributed by atoms with Crippen LogP contribution in [0, 0.1) is 0 Å². The van der Waals surface area contributed by atoms with Crippen molar-refractivity contribution >= 4 is 185 Å². The fourth-order valence-corrected chi connectivity index (χ4v) is 1.16. The van der Waals surface area contributed by atoms with Gasteiger partial charge < -0.3 is 11.4 Å². The Balaban J connectivity index is -0.00000000614. The molecule has 14 heavy (non-hydrogen) atoms. The Labute approximate surface area is 220 Å². The quantitative estimate of drug-likeness (QED) is 0.441. The van der Waals surface area contributed by atoms with E-state index in [1.807, 2.05) is 0 Å². The Bertz CT molecular complexity index is 185. The molecular weight excluding hydrogens is 369 g/mol. The molecule has 2 unspecified atom stereocenters. The average Bonchev–Trinajstić information content (AvgIpc) is 1.58. The smallest absolute Gasteiger partial charge is 1.00 e. The summed E-state index contributed by atoms with van der Waals surface area (Å²) in [6.45, 7) is 0. The van der Waals surface area contributed by atoms with Gasteiger partial charge in [-0.05, 0) is 0 Å². The topological polar surface area (TPSA) is 110 Å². The first-order valence-corrected chi connectivity index (χ1v) is 4.60. The third kappa shape index (κ3) is 26.0. The van der Waals surface area contributed by atoms with Crippen molar-refractivity contribution in [2.45, 2.75) is 0 Å². The monoisotopic (exact) mass is 378 g/mol. The zero-order valence-electron chi connectivity index (χ0n) is 15.0. The van der Waals surface area contributed by atoms with Gasteiger partial charge in [-0.25, -0.2) is 0 Å². The first kappa shape index (κ1) is 31.6. The second-order valence-electron chi connectivity index (χ2n) is 0.774. The van der Waals surface area contributed by atoms with Gasteiger partial charge in [-0.15, -0.1) is 7.26 Å². The predicted molar refractivity (Wildman–Crippen MR) is 63.8 cm³/mol. The SMILES string of the molecule is O=S(O)OS(=O)OS(=O)O.[Ca+2].[Ca+2].[Ca+2].[Ca+2].[H-].[H-].[H-].[H-].[H-].[H-].[H-].[H-]. The molecule has 0 amide bonds. The van der Waals surface area contributed by atoms with Crippen molar-refractivity contribution in [1.82, 2.24) is 0 Å². The van der Waals surface area contributed by atoms with Crippen LogP contribution in [-0.4, -0.2) is 173 Å². The van der Waals surface area contributed by atoms with Gasteiger partial charge in [-0.2, -0.15) is 12.6 Å². The molecule has 0 saturated heterocycles. The third-order valence-electron chi connectivity index (χ3n) is 0.228. The Morgan fingerprint density at radius 2 is 1.00 bits per heavy atom. The molecule has 7 nitrogen and oxygen atoms in total. The zero-order chi connectivity index (χ0) is 8.15. The van der Waals surface area contributed by atoms with Gasteiger partial charge in [-0.3, -0.25) is 9.11 Å². The molecule has 0 radical (unpaired) electrons. The average molecular weight is 379 g/mol. The van der Waals surface area contributed by atoms with Gasteiger partial charge in [0.05, 0.1) is 0 Å². The number of hydrogen-bond acceptors (Lipinski definition) is 5. The molecule has 0 rings (SSSR count). The summed E-state index contributed by atoms with van der Waals surface area (Å²) in [4.78, 5) is 0. The normalized spacial score (nSPS) is 14.1. The van der Waals surface area contributed by atoms with E-state index in [4.69, 9.17) is 9.11 Å². The third-order valence-corrected chi connectivity index (χ3v) is 2.05. The van der Waals surface area contributed by atoms with Crippen molar-refractivity contribution in [3.05, 3.63) is 0 Å². The molecule has 0 fully saturated rings. The fourth-order valence-electron chi connectivity index (χ4n) is 0.106. The summed E-state index contributed by atoms with van der Waals surface area (Å²) in [5.74, 6) is 0. The molecular formula is H10Ca4O7S3. The zero-order valence-corrected chi connectivity index (χ0v) is 18.3. The van der Waals surface area contributed by atoms with Gasteiger partial charge in [0.25, 0.3) is 0 Å². The first-order valence-electron chi connectivity index (χ1n) is 1.53. The van der Waals surface area contributed by atoms with Crippen LogP contribution in [-0.2, 0) is 41.3 Å². The van der Waals surface area contributed by atoms with Crippen LogP contribution in [0.2, 0.25) is 0 Å². The van der Waals surface area contributed by atoms with Crippen LogP contribution in [0.25, 0.3) is 0 Å². The summed E-state index contributed by atoms with van der Waals surface area (Å²) >= 11 is -8.25. The molecule has 2 atom stereocenters. The standard InChI is InChI=1S/4Ca.H2O7S3.8H/c;;;;1-8(2)6-10(5)7-9(3)4;;;;;;;;/h;;;;(H,1,2)(H,3,4);;;;;;;;/q4*+2;;8*-1. The minimum atomic E-state index is -2.78. The van der Waals surface area contributed by atoms with Gasteiger partial charge in [0.1, 0.15) is 0 Å². The molecule has 0 aromatic heterocycles. The molecule has 14 heteroatoms. The molecule has 0 aromatic rings. The van der Waals surface area contributed by atoms with Crippen molar-refractivity contribution < 1.29 is 40.4 Å². The van der Waals surface area contributed by atoms with Crippen LogP contribution in [0.3, 0.4) is 0 Å². The second-order valence-corrected chi connectivity index (χ2v) is 3.14. The van der Waals surface area contributed by atoms with Crippen molar-refractivity contribution in [2.24, 2.45) is 0 Å². The molecule has 0 aliphatic rings. The van der Waals surface area contributed by atoms with E-state index in [0.717, 1.165) is 0 Å². The summed E-state index contributed by atoms with van der Waals surface area (Å²) < 4.78 is 51.9. The van der Waals surface area contributed by atoms with Gasteiger partial charge in [0, 0.05) is 0 Å². The number of rotatable bonds is 4. The molecule has 78 valence electrons. The van der Waals surface area contributed by atoms with Crippen molar-refractivity contribution in [3.63, 3.8) is 0 Å². The molecule has 0 saturated carbocycles. The summed E-state index contributed by atoms with van der Waals surface area (Å²) in [5, 5.41) is 0. The van der Waals surface area contributed by atoms with Crippen LogP contribution >= 0.6 is 0 Å². The van der Waals surface area contributed by atoms with E-state index >= 15 is 0 Å². The summed E-state index contributed by atoms with van der Waals surface area (Å²) in [7, 11) is 0. The van der Waals surface area contributed by atoms with Gasteiger partial charge in [0.15, 0.2) is 0 Å². The summed E-state index contributed by atoms with van der Waals surface area (Å²) in [6, 6.07) is 0. The fraction of sp³-hybridized carbons (Fsp3) is 0. The van der Waals surface area contributed by atoms with Gasteiger partial charge in [-0.1, -0.05) is 0 Å². The van der Waals surface area contributed by atoms with Crippen LogP contribution in [0.4, 0.5) is 0 Å². The van der Waals surface area contributed by atoms with Crippen LogP contribution < -0.4 is 0 Å². The largest absolute Gasteiger partial charge is 2.00 e. The van der Waals surface area contributed by atoms with E-state index in [1.54, 1.807) is 0 Å². The van der Waals surface area contributed by atoms with Crippen molar-refractivity contribution in [1.29, 1.82) is 0 Å². The second kappa shape index (κ2) is 20.6. The Morgan fingerprint density at radius 1 is 0.786 bits per heavy atom. The van der Waals surface area contributed by atoms with E-state index in [1.165, 1.54) is 0 Å². The maximum atomic E-state index is 10.0. The van der Waals surface area contributed by atoms with E-state index < -0.39 is 34.1 Å². The molecule has 0 aromatic carbocycles. The van der Waals surface area contributed by atoms with Gasteiger partial charge >= 0.3 is 185 Å². The Morgan fingerprint density at radius 3 is 1.14 bits per heavy atom. The van der Waals surface area contributed by atoms with E-state index in [-0.39, 0.29) is 162 Å². The molecule has 0 aliphatic heterocycles. The van der Waals surface area contributed by atoms with Crippen LogP contribution in [0.15, 0.2) is 0 Å². The Hall–Kier alpha value is 5.33. The first-order chi connectivity index (χ1) is 4.52. The maximum absolute atomic E-state index is 10.0. The van der Waals surface area contributed by atoms with Gasteiger partial charge in [0.2, 0.25) is 0 Å².